The van der Waals surface area contributed by atoms with Gasteiger partial charge in [-0.3, -0.25) is 4.90 Å². The molecule has 1 aromatic carbocycles. The number of methoxy groups -OCH3 is 1. The first kappa shape index (κ1) is 21.5. The van der Waals surface area contributed by atoms with Crippen molar-refractivity contribution in [1.82, 2.24) is 29.0 Å². The zero-order valence-corrected chi connectivity index (χ0v) is 18.5. The molecule has 33 heavy (non-hydrogen) atoms. The molecule has 174 valence electrons. The van der Waals surface area contributed by atoms with Gasteiger partial charge in [-0.05, 0) is 37.7 Å². The maximum absolute atomic E-state index is 14.3. The second kappa shape index (κ2) is 7.91. The fourth-order valence-electron chi connectivity index (χ4n) is 4.49. The number of anilines is 1. The summed E-state index contributed by atoms with van der Waals surface area (Å²) in [5.41, 5.74) is 3.87. The monoisotopic (exact) mass is 459 g/mol. The van der Waals surface area contributed by atoms with Crippen molar-refractivity contribution in [3.8, 4) is 17.0 Å². The number of rotatable bonds is 6. The van der Waals surface area contributed by atoms with Crippen LogP contribution in [0.3, 0.4) is 0 Å². The van der Waals surface area contributed by atoms with Gasteiger partial charge < -0.3 is 14.6 Å². The molecule has 0 saturated carbocycles. The lowest BCUT2D eigenvalue weighted by atomic mass is 10.1. The van der Waals surface area contributed by atoms with E-state index in [-0.39, 0.29) is 31.5 Å². The largest absolute Gasteiger partial charge is 0.479 e. The highest BCUT2D eigenvalue weighted by molar-refractivity contribution is 5.89. The SMILES string of the molecule is COc1nc(N[C@@H]2CN(C)CC2(F)F)nn2ccc(-c3ccc4nc(C)n(CCF)c4c3)c12. The molecule has 4 aromatic rings. The van der Waals surface area contributed by atoms with E-state index >= 15 is 0 Å². The van der Waals surface area contributed by atoms with E-state index in [1.165, 1.54) is 7.11 Å². The van der Waals surface area contributed by atoms with Crippen molar-refractivity contribution in [2.75, 3.05) is 39.2 Å². The quantitative estimate of drug-likeness (QED) is 0.477. The van der Waals surface area contributed by atoms with Gasteiger partial charge in [0.05, 0.1) is 31.2 Å². The fourth-order valence-corrected chi connectivity index (χ4v) is 4.49. The smallest absolute Gasteiger partial charge is 0.281 e. The van der Waals surface area contributed by atoms with Crippen molar-refractivity contribution in [3.63, 3.8) is 0 Å². The minimum Gasteiger partial charge on any atom is -0.479 e. The average Bonchev–Trinajstić information content (AvgIpc) is 3.40. The topological polar surface area (TPSA) is 72.5 Å². The molecule has 0 amide bonds. The zero-order valence-electron chi connectivity index (χ0n) is 18.5. The number of benzene rings is 1. The number of aromatic nitrogens is 5. The van der Waals surface area contributed by atoms with E-state index in [4.69, 9.17) is 4.74 Å². The third-order valence-electron chi connectivity index (χ3n) is 6.02. The van der Waals surface area contributed by atoms with Crippen LogP contribution in [0, 0.1) is 6.92 Å². The number of likely N-dealkylation sites (N-methyl/N-ethyl adjacent to an activating group) is 1. The summed E-state index contributed by atoms with van der Waals surface area (Å²) in [4.78, 5) is 10.4. The highest BCUT2D eigenvalue weighted by atomic mass is 19.3. The van der Waals surface area contributed by atoms with Crippen molar-refractivity contribution in [2.45, 2.75) is 25.4 Å². The van der Waals surface area contributed by atoms with Crippen LogP contribution in [-0.2, 0) is 6.54 Å². The summed E-state index contributed by atoms with van der Waals surface area (Å²) >= 11 is 0. The summed E-state index contributed by atoms with van der Waals surface area (Å²) in [7, 11) is 3.13. The Hall–Kier alpha value is -3.34. The molecule has 3 aromatic heterocycles. The van der Waals surface area contributed by atoms with Gasteiger partial charge in [-0.25, -0.2) is 22.7 Å². The molecule has 0 radical (unpaired) electrons. The molecule has 0 aliphatic carbocycles. The number of nitrogens with zero attached hydrogens (tertiary/aromatic N) is 6. The summed E-state index contributed by atoms with van der Waals surface area (Å²) in [6.45, 7) is 1.45. The minimum atomic E-state index is -2.89. The molecule has 5 rings (SSSR count). The Kier molecular flexibility index (Phi) is 5.15. The second-order valence-electron chi connectivity index (χ2n) is 8.33. The summed E-state index contributed by atoms with van der Waals surface area (Å²) in [5.74, 6) is -1.82. The van der Waals surface area contributed by atoms with Crippen molar-refractivity contribution in [3.05, 3.63) is 36.3 Å². The number of imidazole rings is 1. The van der Waals surface area contributed by atoms with Crippen molar-refractivity contribution >= 4 is 22.5 Å². The van der Waals surface area contributed by atoms with Crippen LogP contribution in [0.4, 0.5) is 19.1 Å². The van der Waals surface area contributed by atoms with E-state index in [2.05, 4.69) is 20.4 Å². The van der Waals surface area contributed by atoms with Crippen molar-refractivity contribution in [1.29, 1.82) is 0 Å². The lowest BCUT2D eigenvalue weighted by molar-refractivity contribution is 0.00583. The van der Waals surface area contributed by atoms with Gasteiger partial charge in [0.15, 0.2) is 0 Å². The number of hydrogen-bond acceptors (Lipinski definition) is 6. The number of nitrogens with one attached hydrogen (secondary N) is 1. The Bertz CT molecular complexity index is 1330. The summed E-state index contributed by atoms with van der Waals surface area (Å²) < 4.78 is 50.5. The van der Waals surface area contributed by atoms with E-state index in [1.807, 2.05) is 35.8 Å². The number of hydrogen-bond donors (Lipinski definition) is 1. The Morgan fingerprint density at radius 1 is 1.24 bits per heavy atom. The summed E-state index contributed by atoms with van der Waals surface area (Å²) in [6, 6.07) is 6.52. The molecule has 11 heteroatoms. The van der Waals surface area contributed by atoms with Crippen LogP contribution in [0.15, 0.2) is 30.5 Å². The molecule has 8 nitrogen and oxygen atoms in total. The van der Waals surface area contributed by atoms with Crippen molar-refractivity contribution in [2.24, 2.45) is 0 Å². The number of alkyl halides is 3. The van der Waals surface area contributed by atoms with Crippen molar-refractivity contribution < 1.29 is 17.9 Å². The van der Waals surface area contributed by atoms with Gasteiger partial charge in [0.1, 0.15) is 24.1 Å². The molecule has 0 spiro atoms. The maximum Gasteiger partial charge on any atom is 0.281 e. The third kappa shape index (κ3) is 3.65. The molecule has 1 aliphatic heterocycles. The van der Waals surface area contributed by atoms with Gasteiger partial charge in [-0.2, -0.15) is 4.98 Å². The number of halogens is 3. The van der Waals surface area contributed by atoms with Crippen LogP contribution >= 0.6 is 0 Å². The number of fused-ring (bicyclic) bond motifs is 2. The Balaban J connectivity index is 1.56. The fraction of sp³-hybridized carbons (Fsp3) is 0.409. The molecule has 4 heterocycles. The lowest BCUT2D eigenvalue weighted by Crippen LogP contribution is -2.38. The molecule has 1 fully saturated rings. The standard InChI is InChI=1S/C22H24F3N7O/c1-13-26-16-5-4-14(10-17(16)31(13)9-7-23)15-6-8-32-19(15)20(33-3)28-21(29-32)27-18-11-30(2)12-22(18,24)25/h4-6,8,10,18H,7,9,11-12H2,1-3H3,(H,27,29)/t18-/m1/s1. The van der Waals surface area contributed by atoms with Gasteiger partial charge >= 0.3 is 0 Å². The van der Waals surface area contributed by atoms with Crippen LogP contribution in [0.25, 0.3) is 27.7 Å². The van der Waals surface area contributed by atoms with Gasteiger partial charge in [0.2, 0.25) is 11.8 Å². The summed E-state index contributed by atoms with van der Waals surface area (Å²) in [6.07, 6.45) is 1.73. The normalized spacial score (nSPS) is 18.4. The highest BCUT2D eigenvalue weighted by Crippen LogP contribution is 2.34. The Labute approximate surface area is 188 Å². The van der Waals surface area contributed by atoms with Gasteiger partial charge in [-0.1, -0.05) is 6.07 Å². The van der Waals surface area contributed by atoms with E-state index in [9.17, 15) is 13.2 Å². The molecular formula is C22H24F3N7O. The predicted octanol–water partition coefficient (Wildman–Crippen LogP) is 3.39. The third-order valence-corrected chi connectivity index (χ3v) is 6.02. The molecule has 0 unspecified atom stereocenters. The molecule has 1 saturated heterocycles. The van der Waals surface area contributed by atoms with Crippen LogP contribution in [0.2, 0.25) is 0 Å². The van der Waals surface area contributed by atoms with Crippen LogP contribution in [0.5, 0.6) is 5.88 Å². The van der Waals surface area contributed by atoms with Gasteiger partial charge in [0.25, 0.3) is 5.92 Å². The van der Waals surface area contributed by atoms with E-state index in [0.29, 0.717) is 5.52 Å². The first-order chi connectivity index (χ1) is 15.8. The first-order valence-corrected chi connectivity index (χ1v) is 10.6. The number of aryl methyl sites for hydroxylation is 2. The Morgan fingerprint density at radius 3 is 2.76 bits per heavy atom. The van der Waals surface area contributed by atoms with Crippen LogP contribution in [0.1, 0.15) is 5.82 Å². The second-order valence-corrected chi connectivity index (χ2v) is 8.33. The van der Waals surface area contributed by atoms with Gasteiger partial charge in [0, 0.05) is 18.3 Å². The van der Waals surface area contributed by atoms with Crippen LogP contribution < -0.4 is 10.1 Å². The molecular weight excluding hydrogens is 435 g/mol. The van der Waals surface area contributed by atoms with E-state index in [1.54, 1.807) is 22.7 Å². The van der Waals surface area contributed by atoms with Crippen LogP contribution in [-0.4, -0.2) is 74.9 Å². The van der Waals surface area contributed by atoms with Gasteiger partial charge in [-0.15, -0.1) is 5.10 Å². The zero-order chi connectivity index (χ0) is 23.3. The molecule has 1 atom stereocenters. The first-order valence-electron chi connectivity index (χ1n) is 10.6. The number of likely N-dealkylation sites (tertiary alicyclic amines) is 1. The maximum atomic E-state index is 14.3. The highest BCUT2D eigenvalue weighted by Gasteiger charge is 2.47. The van der Waals surface area contributed by atoms with E-state index < -0.39 is 18.6 Å². The Morgan fingerprint density at radius 2 is 2.06 bits per heavy atom. The van der Waals surface area contributed by atoms with E-state index in [0.717, 1.165) is 28.0 Å². The lowest BCUT2D eigenvalue weighted by Gasteiger charge is -2.19. The average molecular weight is 459 g/mol. The molecule has 1 N–H and O–H groups in total. The summed E-state index contributed by atoms with van der Waals surface area (Å²) in [5, 5.41) is 7.16. The number of ether oxygens (including phenoxy) is 1. The molecule has 0 bridgehead atoms. The predicted molar refractivity (Wildman–Crippen MR) is 119 cm³/mol. The minimum absolute atomic E-state index is 0.0635. The molecule has 1 aliphatic rings.